The predicted molar refractivity (Wildman–Crippen MR) is 130 cm³/mol. The number of hydrogen-bond donors (Lipinski definition) is 4. The molecule has 3 aromatic rings. The van der Waals surface area contributed by atoms with Crippen LogP contribution >= 0.6 is 0 Å². The fourth-order valence-corrected chi connectivity index (χ4v) is 3.88. The van der Waals surface area contributed by atoms with Crippen LogP contribution in [0.25, 0.3) is 22.5 Å². The van der Waals surface area contributed by atoms with Gasteiger partial charge in [0, 0.05) is 23.9 Å². The van der Waals surface area contributed by atoms with Crippen LogP contribution in [0.4, 0.5) is 13.2 Å². The molecule has 0 bridgehead atoms. The van der Waals surface area contributed by atoms with E-state index < -0.39 is 18.2 Å². The van der Waals surface area contributed by atoms with E-state index in [9.17, 15) is 18.0 Å². The van der Waals surface area contributed by atoms with E-state index >= 15 is 0 Å². The maximum Gasteiger partial charge on any atom is 0.389 e. The molecule has 0 aliphatic heterocycles. The number of rotatable bonds is 10. The summed E-state index contributed by atoms with van der Waals surface area (Å²) in [7, 11) is 0. The highest BCUT2D eigenvalue weighted by molar-refractivity contribution is 6.03. The highest BCUT2D eigenvalue weighted by Crippen LogP contribution is 2.35. The quantitative estimate of drug-likeness (QED) is 0.109. The molecule has 1 fully saturated rings. The average Bonchev–Trinajstić information content (AvgIpc) is 3.59. The smallest absolute Gasteiger partial charge is 0.389 e. The number of pyridine rings is 1. The number of aromatic nitrogens is 3. The summed E-state index contributed by atoms with van der Waals surface area (Å²) < 4.78 is 44.1. The molecule has 2 heterocycles. The van der Waals surface area contributed by atoms with Crippen LogP contribution in [-0.2, 0) is 0 Å². The number of hydrazine groups is 1. The standard InChI is InChI=1S/C24H28F3N7O2/c25-24(26,27)11-2-1-3-13-36-17-8-4-15(5-9-17)20-14-18(19-10-12-34(33-19)16-6-7-16)21(23(35)30-20)22(31-28)32-29/h4-5,8-10,12,14,16H,1-3,6-7,11,13,28-29H2,(H,30,35)(H,31,32). The van der Waals surface area contributed by atoms with E-state index in [4.69, 9.17) is 16.4 Å². The lowest BCUT2D eigenvalue weighted by atomic mass is 10.0. The maximum atomic E-state index is 13.1. The number of benzene rings is 1. The average molecular weight is 504 g/mol. The Morgan fingerprint density at radius 1 is 1.19 bits per heavy atom. The highest BCUT2D eigenvalue weighted by Gasteiger charge is 2.26. The molecule has 36 heavy (non-hydrogen) atoms. The number of ether oxygens (including phenoxy) is 1. The zero-order valence-electron chi connectivity index (χ0n) is 19.5. The van der Waals surface area contributed by atoms with Crippen LogP contribution in [-0.4, -0.2) is 33.4 Å². The van der Waals surface area contributed by atoms with E-state index in [1.807, 2.05) is 16.9 Å². The lowest BCUT2D eigenvalue weighted by molar-refractivity contribution is -0.135. The van der Waals surface area contributed by atoms with Crippen molar-refractivity contribution >= 4 is 5.84 Å². The van der Waals surface area contributed by atoms with Gasteiger partial charge >= 0.3 is 6.18 Å². The lowest BCUT2D eigenvalue weighted by Crippen LogP contribution is -2.37. The van der Waals surface area contributed by atoms with Gasteiger partial charge in [-0.05, 0) is 74.1 Å². The number of H-pyrrole nitrogens is 1. The molecule has 4 rings (SSSR count). The Labute approximate surface area is 205 Å². The van der Waals surface area contributed by atoms with Crippen LogP contribution in [0.1, 0.15) is 50.1 Å². The number of amidine groups is 1. The van der Waals surface area contributed by atoms with Gasteiger partial charge in [-0.25, -0.2) is 5.84 Å². The number of nitrogens with zero attached hydrogens (tertiary/aromatic N) is 3. The van der Waals surface area contributed by atoms with Crippen molar-refractivity contribution in [2.24, 2.45) is 16.8 Å². The molecule has 192 valence electrons. The van der Waals surface area contributed by atoms with Crippen molar-refractivity contribution < 1.29 is 17.9 Å². The lowest BCUT2D eigenvalue weighted by Gasteiger charge is -2.12. The van der Waals surface area contributed by atoms with Crippen molar-refractivity contribution in [1.82, 2.24) is 20.2 Å². The highest BCUT2D eigenvalue weighted by atomic mass is 19.4. The van der Waals surface area contributed by atoms with Gasteiger partial charge in [-0.3, -0.25) is 9.48 Å². The number of nitrogens with two attached hydrogens (primary N) is 2. The number of nitrogens with one attached hydrogen (secondary N) is 2. The van der Waals surface area contributed by atoms with E-state index in [0.717, 1.165) is 18.4 Å². The molecule has 1 saturated carbocycles. The first-order chi connectivity index (χ1) is 17.3. The topological polar surface area (TPSA) is 136 Å². The third-order valence-electron chi connectivity index (χ3n) is 5.88. The minimum Gasteiger partial charge on any atom is -0.494 e. The monoisotopic (exact) mass is 503 g/mol. The van der Waals surface area contributed by atoms with Crippen LogP contribution in [0, 0.1) is 0 Å². The van der Waals surface area contributed by atoms with E-state index in [-0.39, 0.29) is 17.8 Å². The van der Waals surface area contributed by atoms with Gasteiger partial charge in [0.25, 0.3) is 5.56 Å². The summed E-state index contributed by atoms with van der Waals surface area (Å²) in [4.78, 5) is 15.9. The van der Waals surface area contributed by atoms with E-state index in [1.54, 1.807) is 30.3 Å². The summed E-state index contributed by atoms with van der Waals surface area (Å²) in [5.74, 6) is 11.6. The first-order valence-electron chi connectivity index (χ1n) is 11.7. The SMILES string of the molecule is N/N=C(\NN)c1c(-c2ccn(C3CC3)n2)cc(-c2ccc(OCCCCCC(F)(F)F)cc2)[nH]c1=O. The van der Waals surface area contributed by atoms with Crippen molar-refractivity contribution in [3.8, 4) is 28.3 Å². The molecule has 0 atom stereocenters. The molecule has 0 unspecified atom stereocenters. The molecular weight excluding hydrogens is 475 g/mol. The Hall–Kier alpha value is -3.80. The summed E-state index contributed by atoms with van der Waals surface area (Å²) in [6.45, 7) is 0.323. The van der Waals surface area contributed by atoms with E-state index in [1.165, 1.54) is 0 Å². The maximum absolute atomic E-state index is 13.1. The zero-order valence-corrected chi connectivity index (χ0v) is 19.5. The molecule has 1 aromatic carbocycles. The molecule has 1 aliphatic carbocycles. The van der Waals surface area contributed by atoms with Crippen LogP contribution in [0.5, 0.6) is 5.75 Å². The summed E-state index contributed by atoms with van der Waals surface area (Å²) in [5, 5.41) is 8.23. The number of unbranched alkanes of at least 4 members (excludes halogenated alkanes) is 2. The van der Waals surface area contributed by atoms with Crippen LogP contribution < -0.4 is 27.4 Å². The molecule has 12 heteroatoms. The molecule has 1 aliphatic rings. The largest absolute Gasteiger partial charge is 0.494 e. The minimum atomic E-state index is -4.12. The summed E-state index contributed by atoms with van der Waals surface area (Å²) in [5.41, 5.74) is 4.49. The molecule has 6 N–H and O–H groups in total. The Morgan fingerprint density at radius 3 is 2.58 bits per heavy atom. The molecule has 0 radical (unpaired) electrons. The van der Waals surface area contributed by atoms with Crippen molar-refractivity contribution in [2.75, 3.05) is 6.61 Å². The number of halogens is 3. The van der Waals surface area contributed by atoms with E-state index in [0.29, 0.717) is 48.2 Å². The van der Waals surface area contributed by atoms with Gasteiger partial charge in [0.15, 0.2) is 5.84 Å². The van der Waals surface area contributed by atoms with Gasteiger partial charge in [0.2, 0.25) is 0 Å². The number of hydrazone groups is 1. The molecule has 0 saturated heterocycles. The first-order valence-corrected chi connectivity index (χ1v) is 11.7. The minimum absolute atomic E-state index is 0.0257. The van der Waals surface area contributed by atoms with Gasteiger partial charge in [0.05, 0.1) is 23.9 Å². The molecule has 0 spiro atoms. The Kier molecular flexibility index (Phi) is 7.63. The summed E-state index contributed by atoms with van der Waals surface area (Å²) in [6.07, 6.45) is 0.176. The summed E-state index contributed by atoms with van der Waals surface area (Å²) >= 11 is 0. The zero-order chi connectivity index (χ0) is 25.7. The number of aromatic amines is 1. The van der Waals surface area contributed by atoms with Crippen molar-refractivity contribution in [2.45, 2.75) is 50.7 Å². The third kappa shape index (κ3) is 6.25. The second-order valence-electron chi connectivity index (χ2n) is 8.63. The second-order valence-corrected chi connectivity index (χ2v) is 8.63. The first kappa shape index (κ1) is 25.3. The Bertz CT molecular complexity index is 1260. The van der Waals surface area contributed by atoms with Gasteiger partial charge in [-0.2, -0.15) is 23.4 Å². The number of alkyl halides is 3. The van der Waals surface area contributed by atoms with Crippen molar-refractivity contribution in [1.29, 1.82) is 0 Å². The van der Waals surface area contributed by atoms with Crippen molar-refractivity contribution in [3.05, 3.63) is 58.5 Å². The third-order valence-corrected chi connectivity index (χ3v) is 5.88. The van der Waals surface area contributed by atoms with Gasteiger partial charge in [0.1, 0.15) is 5.75 Å². The van der Waals surface area contributed by atoms with Gasteiger partial charge < -0.3 is 21.0 Å². The number of hydrogen-bond acceptors (Lipinski definition) is 6. The van der Waals surface area contributed by atoms with Gasteiger partial charge in [-0.15, -0.1) is 0 Å². The molecule has 9 nitrogen and oxygen atoms in total. The van der Waals surface area contributed by atoms with Crippen molar-refractivity contribution in [3.63, 3.8) is 0 Å². The van der Waals surface area contributed by atoms with Gasteiger partial charge in [-0.1, -0.05) is 0 Å². The molecular formula is C24H28F3N7O2. The molecule has 0 amide bonds. The second kappa shape index (κ2) is 10.9. The normalized spacial score (nSPS) is 14.2. The summed E-state index contributed by atoms with van der Waals surface area (Å²) in [6, 6.07) is 11.0. The fourth-order valence-electron chi connectivity index (χ4n) is 3.88. The Balaban J connectivity index is 1.51. The van der Waals surface area contributed by atoms with Crippen LogP contribution in [0.15, 0.2) is 52.5 Å². The van der Waals surface area contributed by atoms with Crippen LogP contribution in [0.3, 0.4) is 0 Å². The Morgan fingerprint density at radius 2 is 1.94 bits per heavy atom. The van der Waals surface area contributed by atoms with E-state index in [2.05, 4.69) is 20.6 Å². The fraction of sp³-hybridized carbons (Fsp3) is 0.375. The van der Waals surface area contributed by atoms with Crippen LogP contribution in [0.2, 0.25) is 0 Å². The molecule has 2 aromatic heterocycles. The predicted octanol–water partition coefficient (Wildman–Crippen LogP) is 3.83.